The van der Waals surface area contributed by atoms with E-state index in [0.29, 0.717) is 0 Å². The summed E-state index contributed by atoms with van der Waals surface area (Å²) in [5.41, 5.74) is 3.25. The number of ether oxygens (including phenoxy) is 1. The predicted octanol–water partition coefficient (Wildman–Crippen LogP) is 3.22. The van der Waals surface area contributed by atoms with Gasteiger partial charge in [-0.25, -0.2) is 0 Å². The van der Waals surface area contributed by atoms with Crippen molar-refractivity contribution in [1.29, 1.82) is 5.26 Å². The van der Waals surface area contributed by atoms with Crippen LogP contribution in [0.1, 0.15) is 18.4 Å². The third-order valence-electron chi connectivity index (χ3n) is 4.02. The predicted molar refractivity (Wildman–Crippen MR) is 77.3 cm³/mol. The van der Waals surface area contributed by atoms with Gasteiger partial charge >= 0.3 is 0 Å². The fraction of sp³-hybridized carbons (Fsp3) is 0.353. The highest BCUT2D eigenvalue weighted by Gasteiger charge is 2.36. The Kier molecular flexibility index (Phi) is 3.58. The van der Waals surface area contributed by atoms with E-state index >= 15 is 0 Å². The van der Waals surface area contributed by atoms with Crippen LogP contribution >= 0.6 is 0 Å². The lowest BCUT2D eigenvalue weighted by molar-refractivity contribution is -0.0912. The van der Waals surface area contributed by atoms with Crippen molar-refractivity contribution < 1.29 is 4.74 Å². The summed E-state index contributed by atoms with van der Waals surface area (Å²) < 4.78 is 5.94. The van der Waals surface area contributed by atoms with Crippen LogP contribution in [0.2, 0.25) is 0 Å². The molecule has 2 aliphatic rings. The third-order valence-corrected chi connectivity index (χ3v) is 4.02. The normalized spacial score (nSPS) is 25.6. The van der Waals surface area contributed by atoms with Gasteiger partial charge in [0.15, 0.2) is 0 Å². The molecule has 0 N–H and O–H groups in total. The molecule has 1 saturated heterocycles. The summed E-state index contributed by atoms with van der Waals surface area (Å²) in [5, 5.41) is 9.24. The Labute approximate surface area is 119 Å². The summed E-state index contributed by atoms with van der Waals surface area (Å²) in [5.74, 6) is 0.243. The van der Waals surface area contributed by atoms with Crippen LogP contribution in [-0.4, -0.2) is 17.7 Å². The quantitative estimate of drug-likeness (QED) is 0.771. The minimum Gasteiger partial charge on any atom is -0.357 e. The summed E-state index contributed by atoms with van der Waals surface area (Å²) in [6, 6.07) is 12.6. The Morgan fingerprint density at radius 1 is 1.35 bits per heavy atom. The lowest BCUT2D eigenvalue weighted by atomic mass is 9.85. The van der Waals surface area contributed by atoms with Crippen molar-refractivity contribution in [2.45, 2.75) is 25.6 Å². The van der Waals surface area contributed by atoms with Gasteiger partial charge in [-0.3, -0.25) is 0 Å². The summed E-state index contributed by atoms with van der Waals surface area (Å²) in [6.45, 7) is 5.65. The highest BCUT2D eigenvalue weighted by molar-refractivity contribution is 5.28. The first-order chi connectivity index (χ1) is 9.78. The maximum absolute atomic E-state index is 9.24. The molecule has 0 amide bonds. The average Bonchev–Trinajstić information content (AvgIpc) is 2.49. The van der Waals surface area contributed by atoms with Crippen LogP contribution in [-0.2, 0) is 11.3 Å². The molecule has 1 fully saturated rings. The maximum Gasteiger partial charge on any atom is 0.136 e. The number of nitriles is 1. The molecule has 2 atom stereocenters. The maximum atomic E-state index is 9.24. The molecule has 3 rings (SSSR count). The van der Waals surface area contributed by atoms with Gasteiger partial charge in [-0.1, -0.05) is 42.5 Å². The van der Waals surface area contributed by atoms with E-state index in [2.05, 4.69) is 29.7 Å². The van der Waals surface area contributed by atoms with Crippen LogP contribution in [0.4, 0.5) is 0 Å². The zero-order valence-electron chi connectivity index (χ0n) is 11.5. The van der Waals surface area contributed by atoms with Gasteiger partial charge in [0.05, 0.1) is 12.7 Å². The largest absolute Gasteiger partial charge is 0.357 e. The van der Waals surface area contributed by atoms with Crippen LogP contribution in [0.3, 0.4) is 0 Å². The van der Waals surface area contributed by atoms with E-state index in [1.54, 1.807) is 0 Å². The van der Waals surface area contributed by atoms with Crippen molar-refractivity contribution >= 4 is 0 Å². The second-order valence-corrected chi connectivity index (χ2v) is 5.40. The molecule has 20 heavy (non-hydrogen) atoms. The number of benzene rings is 1. The minimum atomic E-state index is 0.0218. The van der Waals surface area contributed by atoms with E-state index in [9.17, 15) is 5.26 Å². The van der Waals surface area contributed by atoms with Gasteiger partial charge in [0.25, 0.3) is 0 Å². The molecule has 3 heteroatoms. The van der Waals surface area contributed by atoms with E-state index in [-0.39, 0.29) is 12.1 Å². The molecule has 1 aromatic rings. The number of hydrogen-bond acceptors (Lipinski definition) is 3. The van der Waals surface area contributed by atoms with Crippen molar-refractivity contribution in [3.8, 4) is 6.07 Å². The molecule has 0 bridgehead atoms. The third kappa shape index (κ3) is 2.48. The number of hydrogen-bond donors (Lipinski definition) is 0. The zero-order valence-corrected chi connectivity index (χ0v) is 11.5. The first-order valence-corrected chi connectivity index (χ1v) is 6.97. The topological polar surface area (TPSA) is 36.3 Å². The van der Waals surface area contributed by atoms with Crippen molar-refractivity contribution in [2.24, 2.45) is 5.92 Å². The fourth-order valence-electron chi connectivity index (χ4n) is 2.95. The van der Waals surface area contributed by atoms with E-state index < -0.39 is 0 Å². The molecule has 1 aromatic carbocycles. The van der Waals surface area contributed by atoms with Crippen molar-refractivity contribution in [3.05, 3.63) is 59.8 Å². The molecule has 0 unspecified atom stereocenters. The minimum absolute atomic E-state index is 0.0218. The van der Waals surface area contributed by atoms with Gasteiger partial charge in [-0.15, -0.1) is 0 Å². The SMILES string of the molecule is C=C1CCO[C@@H]2[C@H]1CC(C#N)=CN2Cc1ccccc1. The summed E-state index contributed by atoms with van der Waals surface area (Å²) in [4.78, 5) is 2.15. The first kappa shape index (κ1) is 13.0. The molecule has 2 heterocycles. The van der Waals surface area contributed by atoms with Crippen molar-refractivity contribution in [1.82, 2.24) is 4.90 Å². The first-order valence-electron chi connectivity index (χ1n) is 6.97. The number of nitrogens with zero attached hydrogens (tertiary/aromatic N) is 2. The Morgan fingerprint density at radius 3 is 2.90 bits per heavy atom. The molecule has 3 nitrogen and oxygen atoms in total. The van der Waals surface area contributed by atoms with Crippen molar-refractivity contribution in [3.63, 3.8) is 0 Å². The van der Waals surface area contributed by atoms with Gasteiger partial charge in [-0.2, -0.15) is 5.26 Å². The van der Waals surface area contributed by atoms with Crippen LogP contribution in [0.25, 0.3) is 0 Å². The molecule has 0 aliphatic carbocycles. The Bertz CT molecular complexity index is 570. The number of rotatable bonds is 2. The lowest BCUT2D eigenvalue weighted by Gasteiger charge is -2.43. The van der Waals surface area contributed by atoms with Gasteiger partial charge in [0.1, 0.15) is 6.23 Å². The lowest BCUT2D eigenvalue weighted by Crippen LogP contribution is -2.45. The molecule has 0 spiro atoms. The van der Waals surface area contributed by atoms with Gasteiger partial charge in [0, 0.05) is 24.2 Å². The van der Waals surface area contributed by atoms with Gasteiger partial charge in [-0.05, 0) is 18.4 Å². The fourth-order valence-corrected chi connectivity index (χ4v) is 2.95. The average molecular weight is 266 g/mol. The highest BCUT2D eigenvalue weighted by atomic mass is 16.5. The molecule has 0 saturated carbocycles. The second-order valence-electron chi connectivity index (χ2n) is 5.40. The molecule has 102 valence electrons. The standard InChI is InChI=1S/C17H18N2O/c1-13-7-8-20-17-16(13)9-15(10-18)12-19(17)11-14-5-3-2-4-6-14/h2-6,12,16-17H,1,7-9,11H2/t16-,17+/m0/s1. The molecular formula is C17H18N2O. The van der Waals surface area contributed by atoms with E-state index in [1.165, 1.54) is 11.1 Å². The van der Waals surface area contributed by atoms with Crippen LogP contribution in [0, 0.1) is 17.2 Å². The Balaban J connectivity index is 1.87. The summed E-state index contributed by atoms with van der Waals surface area (Å²) in [6.07, 6.45) is 3.63. The highest BCUT2D eigenvalue weighted by Crippen LogP contribution is 2.36. The molecule has 0 radical (unpaired) electrons. The summed E-state index contributed by atoms with van der Waals surface area (Å²) in [7, 11) is 0. The van der Waals surface area contributed by atoms with Crippen LogP contribution in [0.15, 0.2) is 54.3 Å². The number of fused-ring (bicyclic) bond motifs is 1. The van der Waals surface area contributed by atoms with E-state index in [0.717, 1.165) is 31.6 Å². The van der Waals surface area contributed by atoms with Crippen LogP contribution in [0.5, 0.6) is 0 Å². The smallest absolute Gasteiger partial charge is 0.136 e. The number of allylic oxidation sites excluding steroid dienone is 1. The second kappa shape index (κ2) is 5.52. The van der Waals surface area contributed by atoms with E-state index in [1.807, 2.05) is 24.4 Å². The Morgan fingerprint density at radius 2 is 2.15 bits per heavy atom. The van der Waals surface area contributed by atoms with Crippen LogP contribution < -0.4 is 0 Å². The Hall–Kier alpha value is -2.05. The molecule has 2 aliphatic heterocycles. The summed E-state index contributed by atoms with van der Waals surface area (Å²) >= 11 is 0. The van der Waals surface area contributed by atoms with E-state index in [4.69, 9.17) is 4.74 Å². The molecule has 0 aromatic heterocycles. The van der Waals surface area contributed by atoms with Gasteiger partial charge in [0.2, 0.25) is 0 Å². The zero-order chi connectivity index (χ0) is 13.9. The monoisotopic (exact) mass is 266 g/mol. The van der Waals surface area contributed by atoms with Gasteiger partial charge < -0.3 is 9.64 Å². The van der Waals surface area contributed by atoms with Crippen molar-refractivity contribution in [2.75, 3.05) is 6.61 Å². The molecular weight excluding hydrogens is 248 g/mol.